The van der Waals surface area contributed by atoms with Gasteiger partial charge in [-0.3, -0.25) is 4.79 Å². The molecule has 9 heteroatoms. The number of halogens is 2. The largest absolute Gasteiger partial charge is 0.492 e. The average molecular weight is 488 g/mol. The summed E-state index contributed by atoms with van der Waals surface area (Å²) < 4.78 is 33.8. The molecule has 0 aromatic heterocycles. The Labute approximate surface area is 178 Å². The number of carbonyl (C=O) groups excluding carboxylic acids is 1. The SMILES string of the molecule is CCOc1ccc(NC(=O)c2cc(Br)ccc2Cl)cc1S(=O)(=O)N1CCCC1. The second-order valence-electron chi connectivity index (χ2n) is 6.28. The average Bonchev–Trinajstić information content (AvgIpc) is 3.20. The van der Waals surface area contributed by atoms with Crippen LogP contribution >= 0.6 is 27.5 Å². The molecule has 2 aromatic rings. The fraction of sp³-hybridized carbons (Fsp3) is 0.316. The Balaban J connectivity index is 1.94. The van der Waals surface area contributed by atoms with E-state index in [1.54, 1.807) is 37.3 Å². The molecule has 1 amide bonds. The number of hydrogen-bond acceptors (Lipinski definition) is 4. The van der Waals surface area contributed by atoms with E-state index in [1.165, 1.54) is 10.4 Å². The van der Waals surface area contributed by atoms with Crippen LogP contribution in [0, 0.1) is 0 Å². The van der Waals surface area contributed by atoms with Crippen LogP contribution in [0.2, 0.25) is 5.02 Å². The molecule has 150 valence electrons. The minimum absolute atomic E-state index is 0.0504. The number of nitrogens with one attached hydrogen (secondary N) is 1. The van der Waals surface area contributed by atoms with Crippen molar-refractivity contribution in [1.82, 2.24) is 4.31 Å². The van der Waals surface area contributed by atoms with E-state index in [4.69, 9.17) is 16.3 Å². The molecule has 0 aliphatic carbocycles. The van der Waals surface area contributed by atoms with Crippen LogP contribution in [0.4, 0.5) is 5.69 Å². The van der Waals surface area contributed by atoms with Crippen LogP contribution < -0.4 is 10.1 Å². The number of amides is 1. The van der Waals surface area contributed by atoms with E-state index < -0.39 is 15.9 Å². The van der Waals surface area contributed by atoms with Crippen LogP contribution in [-0.2, 0) is 10.0 Å². The molecule has 0 spiro atoms. The second kappa shape index (κ2) is 8.82. The smallest absolute Gasteiger partial charge is 0.257 e. The summed E-state index contributed by atoms with van der Waals surface area (Å²) in [6.07, 6.45) is 1.67. The van der Waals surface area contributed by atoms with Gasteiger partial charge in [-0.15, -0.1) is 0 Å². The Hall–Kier alpha value is -1.61. The van der Waals surface area contributed by atoms with Gasteiger partial charge in [0.15, 0.2) is 0 Å². The summed E-state index contributed by atoms with van der Waals surface area (Å²) in [7, 11) is -3.71. The lowest BCUT2D eigenvalue weighted by Gasteiger charge is -2.19. The number of ether oxygens (including phenoxy) is 1. The Morgan fingerprint density at radius 1 is 1.21 bits per heavy atom. The van der Waals surface area contributed by atoms with Crippen molar-refractivity contribution in [2.75, 3.05) is 25.0 Å². The number of sulfonamides is 1. The van der Waals surface area contributed by atoms with Crippen LogP contribution in [-0.4, -0.2) is 38.3 Å². The minimum Gasteiger partial charge on any atom is -0.492 e. The maximum absolute atomic E-state index is 13.0. The molecule has 3 rings (SSSR count). The molecule has 1 heterocycles. The third-order valence-corrected chi connectivity index (χ3v) is 7.10. The Bertz CT molecular complexity index is 991. The van der Waals surface area contributed by atoms with E-state index in [-0.39, 0.29) is 16.2 Å². The van der Waals surface area contributed by atoms with Gasteiger partial charge in [-0.05, 0) is 56.2 Å². The van der Waals surface area contributed by atoms with Crippen molar-refractivity contribution in [2.24, 2.45) is 0 Å². The van der Waals surface area contributed by atoms with Crippen LogP contribution in [0.3, 0.4) is 0 Å². The topological polar surface area (TPSA) is 75.7 Å². The fourth-order valence-corrected chi connectivity index (χ4v) is 5.24. The first kappa shape index (κ1) is 21.1. The standard InChI is InChI=1S/C19H20BrClN2O4S/c1-2-27-17-8-6-14(12-18(17)28(25,26)23-9-3-4-10-23)22-19(24)15-11-13(20)5-7-16(15)21/h5-8,11-12H,2-4,9-10H2,1H3,(H,22,24). The summed E-state index contributed by atoms with van der Waals surface area (Å²) in [5.74, 6) is -0.159. The summed E-state index contributed by atoms with van der Waals surface area (Å²) >= 11 is 9.42. The highest BCUT2D eigenvalue weighted by Crippen LogP contribution is 2.32. The second-order valence-corrected chi connectivity index (χ2v) is 9.51. The molecule has 1 aliphatic rings. The predicted molar refractivity (Wildman–Crippen MR) is 113 cm³/mol. The maximum atomic E-state index is 13.0. The molecular formula is C19H20BrClN2O4S. The Morgan fingerprint density at radius 2 is 1.93 bits per heavy atom. The van der Waals surface area contributed by atoms with Crippen molar-refractivity contribution in [2.45, 2.75) is 24.7 Å². The normalized spacial score (nSPS) is 14.8. The number of hydrogen-bond donors (Lipinski definition) is 1. The molecule has 0 atom stereocenters. The molecule has 0 saturated carbocycles. The molecule has 1 saturated heterocycles. The van der Waals surface area contributed by atoms with Crippen molar-refractivity contribution in [3.8, 4) is 5.75 Å². The number of nitrogens with zero attached hydrogens (tertiary/aromatic N) is 1. The zero-order chi connectivity index (χ0) is 20.3. The van der Waals surface area contributed by atoms with Crippen molar-refractivity contribution >= 4 is 49.1 Å². The Morgan fingerprint density at radius 3 is 2.61 bits per heavy atom. The highest BCUT2D eigenvalue weighted by atomic mass is 79.9. The van der Waals surface area contributed by atoms with Gasteiger partial charge in [-0.25, -0.2) is 8.42 Å². The molecule has 0 unspecified atom stereocenters. The Kier molecular flexibility index (Phi) is 6.65. The van der Waals surface area contributed by atoms with Crippen LogP contribution in [0.25, 0.3) is 0 Å². The van der Waals surface area contributed by atoms with E-state index in [1.807, 2.05) is 0 Å². The quantitative estimate of drug-likeness (QED) is 0.649. The van der Waals surface area contributed by atoms with Crippen molar-refractivity contribution in [1.29, 1.82) is 0 Å². The highest BCUT2D eigenvalue weighted by Gasteiger charge is 2.30. The van der Waals surface area contributed by atoms with E-state index in [9.17, 15) is 13.2 Å². The molecule has 0 bridgehead atoms. The monoisotopic (exact) mass is 486 g/mol. The van der Waals surface area contributed by atoms with E-state index in [0.717, 1.165) is 12.8 Å². The van der Waals surface area contributed by atoms with E-state index in [2.05, 4.69) is 21.2 Å². The van der Waals surface area contributed by atoms with E-state index >= 15 is 0 Å². The van der Waals surface area contributed by atoms with Crippen LogP contribution in [0.15, 0.2) is 45.8 Å². The summed E-state index contributed by atoms with van der Waals surface area (Å²) in [5.41, 5.74) is 0.635. The summed E-state index contributed by atoms with van der Waals surface area (Å²) in [6, 6.07) is 9.55. The van der Waals surface area contributed by atoms with Gasteiger partial charge in [-0.1, -0.05) is 27.5 Å². The van der Waals surface area contributed by atoms with Crippen LogP contribution in [0.1, 0.15) is 30.1 Å². The zero-order valence-corrected chi connectivity index (χ0v) is 18.4. The lowest BCUT2D eigenvalue weighted by atomic mass is 10.2. The highest BCUT2D eigenvalue weighted by molar-refractivity contribution is 9.10. The predicted octanol–water partition coefficient (Wildman–Crippen LogP) is 4.54. The molecular weight excluding hydrogens is 468 g/mol. The first-order chi connectivity index (χ1) is 13.3. The minimum atomic E-state index is -3.71. The zero-order valence-electron chi connectivity index (χ0n) is 15.2. The number of anilines is 1. The molecule has 2 aromatic carbocycles. The molecule has 6 nitrogen and oxygen atoms in total. The number of carbonyl (C=O) groups is 1. The maximum Gasteiger partial charge on any atom is 0.257 e. The van der Waals surface area contributed by atoms with Crippen LogP contribution in [0.5, 0.6) is 5.75 Å². The molecule has 28 heavy (non-hydrogen) atoms. The lowest BCUT2D eigenvalue weighted by Crippen LogP contribution is -2.28. The van der Waals surface area contributed by atoms with Gasteiger partial charge in [0.05, 0.1) is 17.2 Å². The molecule has 0 radical (unpaired) electrons. The van der Waals surface area contributed by atoms with Gasteiger partial charge < -0.3 is 10.1 Å². The van der Waals surface area contributed by atoms with Crippen molar-refractivity contribution in [3.05, 3.63) is 51.5 Å². The summed E-state index contributed by atoms with van der Waals surface area (Å²) in [6.45, 7) is 3.09. The van der Waals surface area contributed by atoms with Gasteiger partial charge >= 0.3 is 0 Å². The molecule has 1 fully saturated rings. The van der Waals surface area contributed by atoms with Crippen molar-refractivity contribution < 1.29 is 17.9 Å². The van der Waals surface area contributed by atoms with Gasteiger partial charge in [-0.2, -0.15) is 4.31 Å². The van der Waals surface area contributed by atoms with Gasteiger partial charge in [0.25, 0.3) is 5.91 Å². The van der Waals surface area contributed by atoms with E-state index in [0.29, 0.717) is 34.9 Å². The number of rotatable bonds is 6. The third kappa shape index (κ3) is 4.51. The summed E-state index contributed by atoms with van der Waals surface area (Å²) in [5, 5.41) is 3.02. The first-order valence-corrected chi connectivity index (χ1v) is 11.5. The summed E-state index contributed by atoms with van der Waals surface area (Å²) in [4.78, 5) is 12.7. The lowest BCUT2D eigenvalue weighted by molar-refractivity contribution is 0.102. The number of benzene rings is 2. The first-order valence-electron chi connectivity index (χ1n) is 8.86. The molecule has 1 N–H and O–H groups in total. The van der Waals surface area contributed by atoms with Crippen molar-refractivity contribution in [3.63, 3.8) is 0 Å². The molecule has 1 aliphatic heterocycles. The third-order valence-electron chi connectivity index (χ3n) is 4.36. The van der Waals surface area contributed by atoms with Gasteiger partial charge in [0.1, 0.15) is 10.6 Å². The van der Waals surface area contributed by atoms with Gasteiger partial charge in [0, 0.05) is 23.2 Å². The van der Waals surface area contributed by atoms with Gasteiger partial charge in [0.2, 0.25) is 10.0 Å². The fourth-order valence-electron chi connectivity index (χ4n) is 3.00.